The second-order valence-corrected chi connectivity index (χ2v) is 8.72. The summed E-state index contributed by atoms with van der Waals surface area (Å²) in [6, 6.07) is 5.39. The topological polar surface area (TPSA) is 40.5 Å². The Morgan fingerprint density at radius 1 is 1.33 bits per heavy atom. The molecule has 1 aromatic carbocycles. The third kappa shape index (κ3) is 2.24. The van der Waals surface area contributed by atoms with Crippen molar-refractivity contribution in [3.63, 3.8) is 0 Å². The smallest absolute Gasteiger partial charge is 0.115 e. The SMILES string of the molecule is C=C(C)[C@H]1Cc2cc(O)ccc2[C@@H]2[C@@H]1[C@@H]1C[C@@H](O)C[C@@]1(C)C[C@@H]2F. The summed E-state index contributed by atoms with van der Waals surface area (Å²) in [5, 5.41) is 20.1. The van der Waals surface area contributed by atoms with Crippen LogP contribution in [0.4, 0.5) is 4.39 Å². The van der Waals surface area contributed by atoms with Gasteiger partial charge in [-0.15, -0.1) is 0 Å². The molecule has 0 amide bonds. The molecule has 1 aromatic rings. The van der Waals surface area contributed by atoms with Gasteiger partial charge in [-0.3, -0.25) is 0 Å². The maximum Gasteiger partial charge on any atom is 0.115 e. The zero-order chi connectivity index (χ0) is 17.2. The Morgan fingerprint density at radius 3 is 2.79 bits per heavy atom. The van der Waals surface area contributed by atoms with Crippen molar-refractivity contribution in [2.24, 2.45) is 23.2 Å². The van der Waals surface area contributed by atoms with Crippen LogP contribution in [0.3, 0.4) is 0 Å². The minimum atomic E-state index is -0.896. The number of halogens is 1. The van der Waals surface area contributed by atoms with Gasteiger partial charge in [-0.1, -0.05) is 25.1 Å². The zero-order valence-electron chi connectivity index (χ0n) is 14.5. The highest BCUT2D eigenvalue weighted by molar-refractivity contribution is 5.42. The van der Waals surface area contributed by atoms with E-state index in [0.717, 1.165) is 29.5 Å². The Morgan fingerprint density at radius 2 is 2.08 bits per heavy atom. The number of aromatic hydroxyl groups is 1. The molecule has 130 valence electrons. The van der Waals surface area contributed by atoms with Crippen molar-refractivity contribution in [3.8, 4) is 5.75 Å². The number of alkyl halides is 1. The molecule has 3 aliphatic carbocycles. The Kier molecular flexibility index (Phi) is 3.58. The maximum absolute atomic E-state index is 15.4. The lowest BCUT2D eigenvalue weighted by Gasteiger charge is -2.53. The molecule has 0 unspecified atom stereocenters. The van der Waals surface area contributed by atoms with Crippen molar-refractivity contribution >= 4 is 0 Å². The number of allylic oxidation sites excluding steroid dienone is 1. The largest absolute Gasteiger partial charge is 0.508 e. The number of hydrogen-bond acceptors (Lipinski definition) is 2. The first kappa shape index (κ1) is 16.1. The summed E-state index contributed by atoms with van der Waals surface area (Å²) in [6.45, 7) is 8.41. The Hall–Kier alpha value is -1.35. The highest BCUT2D eigenvalue weighted by atomic mass is 19.1. The van der Waals surface area contributed by atoms with Gasteiger partial charge in [0.15, 0.2) is 0 Å². The summed E-state index contributed by atoms with van der Waals surface area (Å²) >= 11 is 0. The molecule has 0 radical (unpaired) electrons. The number of aliphatic hydroxyl groups is 1. The molecule has 2 nitrogen and oxygen atoms in total. The Balaban J connectivity index is 1.85. The summed E-state index contributed by atoms with van der Waals surface area (Å²) in [6.07, 6.45) is 1.63. The van der Waals surface area contributed by atoms with Gasteiger partial charge in [-0.2, -0.15) is 0 Å². The molecule has 7 atom stereocenters. The van der Waals surface area contributed by atoms with Crippen LogP contribution >= 0.6 is 0 Å². The molecule has 0 aromatic heterocycles. The lowest BCUT2D eigenvalue weighted by Crippen LogP contribution is -2.49. The second-order valence-electron chi connectivity index (χ2n) is 8.72. The fourth-order valence-electron chi connectivity index (χ4n) is 6.17. The van der Waals surface area contributed by atoms with Gasteiger partial charge in [0.2, 0.25) is 0 Å². The number of aliphatic hydroxyl groups excluding tert-OH is 1. The summed E-state index contributed by atoms with van der Waals surface area (Å²) in [4.78, 5) is 0. The average molecular weight is 330 g/mol. The van der Waals surface area contributed by atoms with Crippen molar-refractivity contribution < 1.29 is 14.6 Å². The van der Waals surface area contributed by atoms with Gasteiger partial charge in [-0.05, 0) is 79.0 Å². The van der Waals surface area contributed by atoms with Gasteiger partial charge in [0.25, 0.3) is 0 Å². The number of phenolic OH excluding ortho intramolecular Hbond substituents is 1. The van der Waals surface area contributed by atoms with Crippen molar-refractivity contribution in [2.75, 3.05) is 0 Å². The van der Waals surface area contributed by atoms with Gasteiger partial charge in [0.05, 0.1) is 6.10 Å². The second kappa shape index (κ2) is 5.32. The van der Waals surface area contributed by atoms with Crippen LogP contribution in [-0.4, -0.2) is 22.5 Å². The van der Waals surface area contributed by atoms with Gasteiger partial charge in [-0.25, -0.2) is 4.39 Å². The lowest BCUT2D eigenvalue weighted by molar-refractivity contribution is -0.0162. The predicted molar refractivity (Wildman–Crippen MR) is 92.7 cm³/mol. The molecule has 0 spiro atoms. The van der Waals surface area contributed by atoms with E-state index in [9.17, 15) is 10.2 Å². The van der Waals surface area contributed by atoms with Crippen LogP contribution in [-0.2, 0) is 6.42 Å². The quantitative estimate of drug-likeness (QED) is 0.751. The van der Waals surface area contributed by atoms with Crippen LogP contribution in [0.1, 0.15) is 50.2 Å². The van der Waals surface area contributed by atoms with Crippen LogP contribution in [0.5, 0.6) is 5.75 Å². The molecule has 4 rings (SSSR count). The zero-order valence-corrected chi connectivity index (χ0v) is 14.5. The first-order valence-electron chi connectivity index (χ1n) is 9.09. The molecule has 2 saturated carbocycles. The van der Waals surface area contributed by atoms with E-state index in [4.69, 9.17) is 0 Å². The maximum atomic E-state index is 15.4. The van der Waals surface area contributed by atoms with E-state index in [1.165, 1.54) is 0 Å². The van der Waals surface area contributed by atoms with Crippen LogP contribution in [0.25, 0.3) is 0 Å². The van der Waals surface area contributed by atoms with Gasteiger partial charge >= 0.3 is 0 Å². The first-order chi connectivity index (χ1) is 11.3. The third-order valence-corrected chi connectivity index (χ3v) is 7.08. The molecule has 0 saturated heterocycles. The van der Waals surface area contributed by atoms with E-state index in [-0.39, 0.29) is 35.0 Å². The lowest BCUT2D eigenvalue weighted by atomic mass is 9.51. The average Bonchev–Trinajstić information content (AvgIpc) is 2.79. The summed E-state index contributed by atoms with van der Waals surface area (Å²) < 4.78 is 15.4. The number of fused-ring (bicyclic) bond motifs is 5. The van der Waals surface area contributed by atoms with Crippen LogP contribution in [0.2, 0.25) is 0 Å². The van der Waals surface area contributed by atoms with Crippen LogP contribution in [0.15, 0.2) is 30.4 Å². The molecule has 0 heterocycles. The minimum absolute atomic E-state index is 0.109. The fourth-order valence-corrected chi connectivity index (χ4v) is 6.17. The van der Waals surface area contributed by atoms with E-state index < -0.39 is 6.17 Å². The van der Waals surface area contributed by atoms with Crippen molar-refractivity contribution in [2.45, 2.75) is 57.7 Å². The fraction of sp³-hybridized carbons (Fsp3) is 0.619. The highest BCUT2D eigenvalue weighted by Crippen LogP contribution is 2.63. The van der Waals surface area contributed by atoms with Crippen LogP contribution in [0, 0.1) is 23.2 Å². The number of rotatable bonds is 1. The number of phenols is 1. The Labute approximate surface area is 143 Å². The van der Waals surface area contributed by atoms with E-state index in [2.05, 4.69) is 13.5 Å². The monoisotopic (exact) mass is 330 g/mol. The highest BCUT2D eigenvalue weighted by Gasteiger charge is 2.58. The minimum Gasteiger partial charge on any atom is -0.508 e. The van der Waals surface area contributed by atoms with Gasteiger partial charge < -0.3 is 10.2 Å². The van der Waals surface area contributed by atoms with E-state index in [0.29, 0.717) is 18.8 Å². The molecular weight excluding hydrogens is 303 g/mol. The Bertz CT molecular complexity index is 684. The van der Waals surface area contributed by atoms with E-state index in [1.807, 2.05) is 13.0 Å². The first-order valence-corrected chi connectivity index (χ1v) is 9.09. The molecule has 2 fully saturated rings. The number of hydrogen-bond donors (Lipinski definition) is 2. The molecular formula is C21H27FO2. The van der Waals surface area contributed by atoms with Gasteiger partial charge in [0, 0.05) is 5.92 Å². The summed E-state index contributed by atoms with van der Waals surface area (Å²) in [5.41, 5.74) is 3.11. The van der Waals surface area contributed by atoms with Crippen molar-refractivity contribution in [3.05, 3.63) is 41.5 Å². The molecule has 0 aliphatic heterocycles. The standard InChI is InChI=1S/C21H27FO2/c1-11(2)16-7-12-6-13(23)4-5-15(12)20-18(22)10-21(3)9-14(24)8-17(21)19(16)20/h4-6,14,16-20,23-24H,1,7-10H2,2-3H3/t14-,16-,17+,18+,19+,20+,21+/m1/s1. The van der Waals surface area contributed by atoms with E-state index in [1.54, 1.807) is 12.1 Å². The van der Waals surface area contributed by atoms with Crippen LogP contribution < -0.4 is 0 Å². The number of benzene rings is 1. The normalized spacial score (nSPS) is 43.7. The summed E-state index contributed by atoms with van der Waals surface area (Å²) in [7, 11) is 0. The predicted octanol–water partition coefficient (Wildman–Crippen LogP) is 4.36. The molecule has 3 aliphatic rings. The van der Waals surface area contributed by atoms with Gasteiger partial charge in [0.1, 0.15) is 11.9 Å². The van der Waals surface area contributed by atoms with Crippen molar-refractivity contribution in [1.82, 2.24) is 0 Å². The molecule has 0 bridgehead atoms. The molecule has 3 heteroatoms. The summed E-state index contributed by atoms with van der Waals surface area (Å²) in [5.74, 6) is 0.871. The van der Waals surface area contributed by atoms with Crippen molar-refractivity contribution in [1.29, 1.82) is 0 Å². The third-order valence-electron chi connectivity index (χ3n) is 7.08. The molecule has 24 heavy (non-hydrogen) atoms. The van der Waals surface area contributed by atoms with E-state index >= 15 is 4.39 Å². The molecule has 2 N–H and O–H groups in total.